The number of methoxy groups -OCH3 is 1. The van der Waals surface area contributed by atoms with Crippen LogP contribution in [0.15, 0.2) is 54.6 Å². The third kappa shape index (κ3) is 5.65. The van der Waals surface area contributed by atoms with E-state index < -0.39 is 0 Å². The number of fused-ring (bicyclic) bond motifs is 1. The van der Waals surface area contributed by atoms with Gasteiger partial charge in [-0.1, -0.05) is 24.3 Å². The van der Waals surface area contributed by atoms with Gasteiger partial charge in [-0.2, -0.15) is 5.10 Å². The Hall–Kier alpha value is -3.75. The molecule has 1 aliphatic rings. The lowest BCUT2D eigenvalue weighted by Gasteiger charge is -2.26. The van der Waals surface area contributed by atoms with Gasteiger partial charge in [-0.25, -0.2) is 9.50 Å². The van der Waals surface area contributed by atoms with E-state index in [0.29, 0.717) is 12.8 Å². The van der Waals surface area contributed by atoms with E-state index in [-0.39, 0.29) is 5.91 Å². The summed E-state index contributed by atoms with van der Waals surface area (Å²) in [6.45, 7) is 8.41. The van der Waals surface area contributed by atoms with E-state index >= 15 is 0 Å². The topological polar surface area (TPSA) is 81.0 Å². The zero-order valence-corrected chi connectivity index (χ0v) is 21.7. The van der Waals surface area contributed by atoms with Crippen LogP contribution >= 0.6 is 0 Å². The summed E-state index contributed by atoms with van der Waals surface area (Å²) in [5.41, 5.74) is 7.49. The Labute approximate surface area is 217 Å². The fourth-order valence-corrected chi connectivity index (χ4v) is 4.85. The number of aryl methyl sites for hydroxylation is 2. The highest BCUT2D eigenvalue weighted by molar-refractivity contribution is 5.90. The van der Waals surface area contributed by atoms with Gasteiger partial charge < -0.3 is 14.8 Å². The van der Waals surface area contributed by atoms with Gasteiger partial charge in [0.25, 0.3) is 0 Å². The minimum Gasteiger partial charge on any atom is -0.496 e. The van der Waals surface area contributed by atoms with Crippen LogP contribution in [0.2, 0.25) is 0 Å². The molecule has 1 N–H and O–H groups in total. The van der Waals surface area contributed by atoms with Crippen LogP contribution in [-0.2, 0) is 22.5 Å². The van der Waals surface area contributed by atoms with Crippen molar-refractivity contribution in [2.75, 3.05) is 38.7 Å². The second kappa shape index (κ2) is 11.1. The number of rotatable bonds is 8. The van der Waals surface area contributed by atoms with E-state index in [1.54, 1.807) is 7.11 Å². The number of anilines is 1. The van der Waals surface area contributed by atoms with Crippen LogP contribution in [0.4, 0.5) is 5.69 Å². The Morgan fingerprint density at radius 1 is 1.08 bits per heavy atom. The van der Waals surface area contributed by atoms with Crippen molar-refractivity contribution in [2.45, 2.75) is 33.2 Å². The minimum absolute atomic E-state index is 0.0185. The molecule has 4 aromatic rings. The highest BCUT2D eigenvalue weighted by Crippen LogP contribution is 2.30. The lowest BCUT2D eigenvalue weighted by Crippen LogP contribution is -2.35. The second-order valence-corrected chi connectivity index (χ2v) is 9.39. The number of aromatic nitrogens is 3. The third-order valence-corrected chi connectivity index (χ3v) is 6.90. The molecule has 0 atom stereocenters. The molecule has 8 heteroatoms. The Balaban J connectivity index is 1.24. The van der Waals surface area contributed by atoms with Crippen LogP contribution in [0.5, 0.6) is 5.75 Å². The van der Waals surface area contributed by atoms with Crippen LogP contribution in [0.25, 0.3) is 16.9 Å². The smallest absolute Gasteiger partial charge is 0.224 e. The molecule has 0 unspecified atom stereocenters. The van der Waals surface area contributed by atoms with Gasteiger partial charge in [0.2, 0.25) is 5.91 Å². The first-order valence-corrected chi connectivity index (χ1v) is 12.7. The fraction of sp³-hybridized carbons (Fsp3) is 0.345. The average molecular weight is 500 g/mol. The molecule has 2 aromatic heterocycles. The molecule has 0 bridgehead atoms. The lowest BCUT2D eigenvalue weighted by atomic mass is 10.1. The number of morpholine rings is 1. The zero-order chi connectivity index (χ0) is 25.8. The van der Waals surface area contributed by atoms with Gasteiger partial charge >= 0.3 is 0 Å². The van der Waals surface area contributed by atoms with Crippen molar-refractivity contribution in [1.82, 2.24) is 19.5 Å². The summed E-state index contributed by atoms with van der Waals surface area (Å²) in [5, 5.41) is 7.83. The molecule has 1 fully saturated rings. The number of nitrogens with zero attached hydrogens (tertiary/aromatic N) is 4. The van der Waals surface area contributed by atoms with Crippen molar-refractivity contribution in [1.29, 1.82) is 0 Å². The van der Waals surface area contributed by atoms with Crippen molar-refractivity contribution in [3.05, 3.63) is 77.1 Å². The second-order valence-electron chi connectivity index (χ2n) is 9.39. The quantitative estimate of drug-likeness (QED) is 0.386. The number of nitrogens with one attached hydrogen (secondary N) is 1. The van der Waals surface area contributed by atoms with Gasteiger partial charge in [-0.3, -0.25) is 9.69 Å². The summed E-state index contributed by atoms with van der Waals surface area (Å²) >= 11 is 0. The van der Waals surface area contributed by atoms with Gasteiger partial charge in [0.05, 0.1) is 26.0 Å². The van der Waals surface area contributed by atoms with Gasteiger partial charge in [0, 0.05) is 54.8 Å². The predicted molar refractivity (Wildman–Crippen MR) is 144 cm³/mol. The van der Waals surface area contributed by atoms with E-state index in [9.17, 15) is 4.79 Å². The van der Waals surface area contributed by atoms with Gasteiger partial charge in [0.1, 0.15) is 5.75 Å². The molecule has 0 aliphatic carbocycles. The summed E-state index contributed by atoms with van der Waals surface area (Å²) in [4.78, 5) is 19.9. The number of amides is 1. The number of ether oxygens (including phenoxy) is 2. The van der Waals surface area contributed by atoms with Crippen molar-refractivity contribution in [2.24, 2.45) is 0 Å². The van der Waals surface area contributed by atoms with Gasteiger partial charge in [0.15, 0.2) is 5.65 Å². The zero-order valence-electron chi connectivity index (χ0n) is 21.7. The predicted octanol–water partition coefficient (Wildman–Crippen LogP) is 4.43. The lowest BCUT2D eigenvalue weighted by molar-refractivity contribution is -0.116. The standard InChI is InChI=1S/C29H33N5O3/c1-20-24(21(2)34-28(30-20)18-26(32-34)25-6-4-5-7-27(25)36-3)12-13-29(35)31-23-10-8-22(9-11-23)19-33-14-16-37-17-15-33/h4-11,18H,12-17,19H2,1-3H3,(H,31,35). The molecule has 0 radical (unpaired) electrons. The molecular formula is C29H33N5O3. The molecule has 8 nitrogen and oxygen atoms in total. The first-order valence-electron chi connectivity index (χ1n) is 12.7. The van der Waals surface area contributed by atoms with Crippen LogP contribution in [0.1, 0.15) is 28.9 Å². The summed E-state index contributed by atoms with van der Waals surface area (Å²) in [6, 6.07) is 17.9. The Bertz CT molecular complexity index is 1390. The SMILES string of the molecule is COc1ccccc1-c1cc2nc(C)c(CCC(=O)Nc3ccc(CN4CCOCC4)cc3)c(C)n2n1. The molecule has 0 spiro atoms. The van der Waals surface area contributed by atoms with E-state index in [2.05, 4.69) is 22.3 Å². The maximum absolute atomic E-state index is 12.7. The molecular weight excluding hydrogens is 466 g/mol. The maximum Gasteiger partial charge on any atom is 0.224 e. The molecule has 1 aliphatic heterocycles. The molecule has 1 amide bonds. The van der Waals surface area contributed by atoms with Gasteiger partial charge in [-0.15, -0.1) is 0 Å². The highest BCUT2D eigenvalue weighted by Gasteiger charge is 2.16. The highest BCUT2D eigenvalue weighted by atomic mass is 16.5. The molecule has 192 valence electrons. The van der Waals surface area contributed by atoms with Crippen LogP contribution in [0.3, 0.4) is 0 Å². The summed E-state index contributed by atoms with van der Waals surface area (Å²) in [5.74, 6) is 0.751. The number of para-hydroxylation sites is 1. The van der Waals surface area contributed by atoms with Crippen molar-refractivity contribution < 1.29 is 14.3 Å². The first kappa shape index (κ1) is 24.9. The monoisotopic (exact) mass is 499 g/mol. The van der Waals surface area contributed by atoms with Crippen LogP contribution < -0.4 is 10.1 Å². The third-order valence-electron chi connectivity index (χ3n) is 6.90. The molecule has 5 rings (SSSR count). The maximum atomic E-state index is 12.7. The number of hydrogen-bond donors (Lipinski definition) is 1. The van der Waals surface area contributed by atoms with E-state index in [4.69, 9.17) is 19.6 Å². The Morgan fingerprint density at radius 2 is 1.84 bits per heavy atom. The largest absolute Gasteiger partial charge is 0.496 e. The minimum atomic E-state index is -0.0185. The number of benzene rings is 2. The molecule has 0 saturated carbocycles. The Kier molecular flexibility index (Phi) is 7.48. The van der Waals surface area contributed by atoms with Crippen molar-refractivity contribution in [3.8, 4) is 17.0 Å². The molecule has 1 saturated heterocycles. The summed E-state index contributed by atoms with van der Waals surface area (Å²) in [6.07, 6.45) is 0.955. The van der Waals surface area contributed by atoms with E-state index in [0.717, 1.165) is 78.1 Å². The number of hydrogen-bond acceptors (Lipinski definition) is 6. The van der Waals surface area contributed by atoms with Crippen LogP contribution in [0, 0.1) is 13.8 Å². The van der Waals surface area contributed by atoms with Crippen LogP contribution in [-0.4, -0.2) is 58.8 Å². The summed E-state index contributed by atoms with van der Waals surface area (Å²) < 4.78 is 12.8. The fourth-order valence-electron chi connectivity index (χ4n) is 4.85. The summed E-state index contributed by atoms with van der Waals surface area (Å²) in [7, 11) is 1.66. The molecule has 37 heavy (non-hydrogen) atoms. The average Bonchev–Trinajstić information content (AvgIpc) is 3.34. The van der Waals surface area contributed by atoms with E-state index in [1.807, 2.05) is 60.8 Å². The number of carbonyl (C=O) groups excluding carboxylic acids is 1. The van der Waals surface area contributed by atoms with E-state index in [1.165, 1.54) is 5.56 Å². The van der Waals surface area contributed by atoms with Gasteiger partial charge in [-0.05, 0) is 55.7 Å². The normalized spacial score (nSPS) is 14.1. The van der Waals surface area contributed by atoms with Crippen molar-refractivity contribution >= 4 is 17.2 Å². The van der Waals surface area contributed by atoms with Crippen molar-refractivity contribution in [3.63, 3.8) is 0 Å². The molecule has 3 heterocycles. The number of carbonyl (C=O) groups is 1. The first-order chi connectivity index (χ1) is 18.0. The molecule has 2 aromatic carbocycles. The Morgan fingerprint density at radius 3 is 2.59 bits per heavy atom.